The van der Waals surface area contributed by atoms with Gasteiger partial charge in [-0.25, -0.2) is 9.97 Å². The Kier molecular flexibility index (Phi) is 5.02. The van der Waals surface area contributed by atoms with Gasteiger partial charge < -0.3 is 0 Å². The second-order valence-electron chi connectivity index (χ2n) is 5.07. The SMILES string of the molecule is CCN(C(C)=O)c1nc(CSc2nc3ccsc3c(=O)n2C)cs1. The minimum Gasteiger partial charge on any atom is -0.290 e. The lowest BCUT2D eigenvalue weighted by Gasteiger charge is -2.14. The van der Waals surface area contributed by atoms with Crippen LogP contribution in [0.1, 0.15) is 19.5 Å². The summed E-state index contributed by atoms with van der Waals surface area (Å²) in [7, 11) is 1.73. The molecule has 24 heavy (non-hydrogen) atoms. The van der Waals surface area contributed by atoms with Crippen molar-refractivity contribution in [3.05, 3.63) is 32.9 Å². The molecule has 3 aromatic heterocycles. The highest BCUT2D eigenvalue weighted by molar-refractivity contribution is 7.98. The summed E-state index contributed by atoms with van der Waals surface area (Å²) in [5, 5.41) is 5.19. The molecular weight excluding hydrogens is 364 g/mol. The molecule has 0 radical (unpaired) electrons. The van der Waals surface area contributed by atoms with E-state index in [1.165, 1.54) is 41.4 Å². The number of hydrogen-bond acceptors (Lipinski definition) is 7. The monoisotopic (exact) mass is 380 g/mol. The summed E-state index contributed by atoms with van der Waals surface area (Å²) in [5.74, 6) is 0.583. The highest BCUT2D eigenvalue weighted by atomic mass is 32.2. The van der Waals surface area contributed by atoms with Gasteiger partial charge in [0.05, 0.1) is 11.2 Å². The fourth-order valence-electron chi connectivity index (χ4n) is 2.21. The van der Waals surface area contributed by atoms with Crippen molar-refractivity contribution < 1.29 is 4.79 Å². The van der Waals surface area contributed by atoms with E-state index in [1.807, 2.05) is 23.8 Å². The second-order valence-corrected chi connectivity index (χ2v) is 7.76. The second kappa shape index (κ2) is 7.04. The molecule has 3 heterocycles. The van der Waals surface area contributed by atoms with Crippen molar-refractivity contribution in [1.29, 1.82) is 0 Å². The van der Waals surface area contributed by atoms with Crippen molar-refractivity contribution in [1.82, 2.24) is 14.5 Å². The Balaban J connectivity index is 1.79. The molecule has 0 unspecified atom stereocenters. The van der Waals surface area contributed by atoms with E-state index in [-0.39, 0.29) is 11.5 Å². The normalized spacial score (nSPS) is 11.1. The number of nitrogens with zero attached hydrogens (tertiary/aromatic N) is 4. The molecule has 3 rings (SSSR count). The number of aromatic nitrogens is 3. The zero-order chi connectivity index (χ0) is 17.3. The Bertz CT molecular complexity index is 944. The van der Waals surface area contributed by atoms with E-state index in [2.05, 4.69) is 9.97 Å². The number of carbonyl (C=O) groups excluding carboxylic acids is 1. The van der Waals surface area contributed by atoms with Crippen molar-refractivity contribution in [2.75, 3.05) is 11.4 Å². The maximum absolute atomic E-state index is 12.3. The maximum Gasteiger partial charge on any atom is 0.271 e. The summed E-state index contributed by atoms with van der Waals surface area (Å²) in [6.07, 6.45) is 0. The van der Waals surface area contributed by atoms with Crippen LogP contribution in [0.15, 0.2) is 26.8 Å². The van der Waals surface area contributed by atoms with Crippen LogP contribution in [-0.4, -0.2) is 27.0 Å². The average Bonchev–Trinajstić information content (AvgIpc) is 3.19. The molecule has 0 spiro atoms. The smallest absolute Gasteiger partial charge is 0.271 e. The molecule has 9 heteroatoms. The lowest BCUT2D eigenvalue weighted by molar-refractivity contribution is -0.116. The zero-order valence-electron chi connectivity index (χ0n) is 13.5. The van der Waals surface area contributed by atoms with Crippen LogP contribution in [0.4, 0.5) is 5.13 Å². The van der Waals surface area contributed by atoms with Gasteiger partial charge in [0.25, 0.3) is 5.56 Å². The molecule has 0 atom stereocenters. The number of rotatable bonds is 5. The van der Waals surface area contributed by atoms with Crippen molar-refractivity contribution in [2.45, 2.75) is 24.8 Å². The molecule has 0 N–H and O–H groups in total. The van der Waals surface area contributed by atoms with Gasteiger partial charge in [-0.05, 0) is 18.4 Å². The largest absolute Gasteiger partial charge is 0.290 e. The molecule has 0 saturated heterocycles. The third kappa shape index (κ3) is 3.24. The Morgan fingerprint density at radius 1 is 1.38 bits per heavy atom. The summed E-state index contributed by atoms with van der Waals surface area (Å²) in [6.45, 7) is 4.06. The third-order valence-electron chi connectivity index (χ3n) is 3.46. The van der Waals surface area contributed by atoms with Crippen LogP contribution in [0.3, 0.4) is 0 Å². The molecular formula is C15H16N4O2S3. The maximum atomic E-state index is 12.3. The van der Waals surface area contributed by atoms with E-state index in [4.69, 9.17) is 0 Å². The van der Waals surface area contributed by atoms with Gasteiger partial charge in [-0.1, -0.05) is 11.8 Å². The Morgan fingerprint density at radius 3 is 2.88 bits per heavy atom. The summed E-state index contributed by atoms with van der Waals surface area (Å²) in [5.41, 5.74) is 1.59. The number of amides is 1. The van der Waals surface area contributed by atoms with Crippen LogP contribution >= 0.6 is 34.4 Å². The summed E-state index contributed by atoms with van der Waals surface area (Å²) >= 11 is 4.33. The topological polar surface area (TPSA) is 68.1 Å². The number of fused-ring (bicyclic) bond motifs is 1. The predicted molar refractivity (Wildman–Crippen MR) is 100 cm³/mol. The van der Waals surface area contributed by atoms with E-state index in [9.17, 15) is 9.59 Å². The minimum atomic E-state index is -0.0230. The first-order valence-corrected chi connectivity index (χ1v) is 10.0. The lowest BCUT2D eigenvalue weighted by Crippen LogP contribution is -2.27. The van der Waals surface area contributed by atoms with Crippen molar-refractivity contribution in [2.24, 2.45) is 7.05 Å². The van der Waals surface area contributed by atoms with Gasteiger partial charge in [-0.15, -0.1) is 22.7 Å². The number of carbonyl (C=O) groups is 1. The van der Waals surface area contributed by atoms with Crippen LogP contribution in [0.5, 0.6) is 0 Å². The number of thiazole rings is 1. The van der Waals surface area contributed by atoms with Gasteiger partial charge in [0.2, 0.25) is 5.91 Å². The van der Waals surface area contributed by atoms with Crippen LogP contribution < -0.4 is 10.5 Å². The number of anilines is 1. The molecule has 6 nitrogen and oxygen atoms in total. The molecule has 0 aliphatic carbocycles. The molecule has 0 bridgehead atoms. The predicted octanol–water partition coefficient (Wildman–Crippen LogP) is 3.12. The van der Waals surface area contributed by atoms with Gasteiger partial charge in [0.1, 0.15) is 4.70 Å². The van der Waals surface area contributed by atoms with Crippen LogP contribution in [0.25, 0.3) is 10.2 Å². The first kappa shape index (κ1) is 17.1. The quantitative estimate of drug-likeness (QED) is 0.502. The van der Waals surface area contributed by atoms with Crippen LogP contribution in [0, 0.1) is 0 Å². The van der Waals surface area contributed by atoms with E-state index in [0.29, 0.717) is 27.3 Å². The van der Waals surface area contributed by atoms with E-state index in [1.54, 1.807) is 16.5 Å². The van der Waals surface area contributed by atoms with E-state index >= 15 is 0 Å². The molecule has 0 aromatic carbocycles. The first-order valence-electron chi connectivity index (χ1n) is 7.30. The van der Waals surface area contributed by atoms with Crippen molar-refractivity contribution >= 4 is 55.7 Å². The van der Waals surface area contributed by atoms with Gasteiger partial charge in [-0.3, -0.25) is 19.1 Å². The van der Waals surface area contributed by atoms with Gasteiger partial charge >= 0.3 is 0 Å². The highest BCUT2D eigenvalue weighted by Gasteiger charge is 2.15. The van der Waals surface area contributed by atoms with Crippen molar-refractivity contribution in [3.8, 4) is 0 Å². The minimum absolute atomic E-state index is 0.0157. The molecule has 0 aliphatic heterocycles. The summed E-state index contributed by atoms with van der Waals surface area (Å²) < 4.78 is 2.25. The van der Waals surface area contributed by atoms with E-state index in [0.717, 1.165) is 11.2 Å². The standard InChI is InChI=1S/C15H16N4O2S3/c1-4-19(9(2)20)15-16-10(8-24-15)7-23-14-17-11-5-6-22-12(11)13(21)18(14)3/h5-6,8H,4,7H2,1-3H3. The molecule has 3 aromatic rings. The molecule has 1 amide bonds. The number of thioether (sulfide) groups is 1. The molecule has 0 fully saturated rings. The Labute approximate surface area is 151 Å². The van der Waals surface area contributed by atoms with Crippen LogP contribution in [-0.2, 0) is 17.6 Å². The molecule has 126 valence electrons. The fourth-order valence-corrected chi connectivity index (χ4v) is 4.92. The number of hydrogen-bond donors (Lipinski definition) is 0. The summed E-state index contributed by atoms with van der Waals surface area (Å²) in [6, 6.07) is 1.86. The lowest BCUT2D eigenvalue weighted by atomic mass is 10.5. The number of thiophene rings is 1. The third-order valence-corrected chi connectivity index (χ3v) is 6.33. The zero-order valence-corrected chi connectivity index (χ0v) is 15.9. The fraction of sp³-hybridized carbons (Fsp3) is 0.333. The molecule has 0 aliphatic rings. The van der Waals surface area contributed by atoms with Gasteiger partial charge in [-0.2, -0.15) is 0 Å². The highest BCUT2D eigenvalue weighted by Crippen LogP contribution is 2.26. The van der Waals surface area contributed by atoms with Crippen molar-refractivity contribution in [3.63, 3.8) is 0 Å². The van der Waals surface area contributed by atoms with Gasteiger partial charge in [0.15, 0.2) is 10.3 Å². The Hall–Kier alpha value is -1.71. The first-order chi connectivity index (χ1) is 11.5. The molecule has 0 saturated carbocycles. The Morgan fingerprint density at radius 2 is 2.17 bits per heavy atom. The van der Waals surface area contributed by atoms with Gasteiger partial charge in [0, 0.05) is 31.6 Å². The van der Waals surface area contributed by atoms with Crippen LogP contribution in [0.2, 0.25) is 0 Å². The average molecular weight is 381 g/mol. The summed E-state index contributed by atoms with van der Waals surface area (Å²) in [4.78, 5) is 34.6. The van der Waals surface area contributed by atoms with E-state index < -0.39 is 0 Å².